The third-order valence-corrected chi connectivity index (χ3v) is 6.51. The van der Waals surface area contributed by atoms with Gasteiger partial charge in [0.05, 0.1) is 23.2 Å². The number of nitrogens with zero attached hydrogens (tertiary/aromatic N) is 1. The van der Waals surface area contributed by atoms with Crippen LogP contribution < -0.4 is 10.6 Å². The molecular weight excluding hydrogens is 457 g/mol. The fraction of sp³-hybridized carbons (Fsp3) is 0.938. The van der Waals surface area contributed by atoms with Crippen LogP contribution >= 0.6 is 24.0 Å². The maximum atomic E-state index is 12.0. The Labute approximate surface area is 169 Å². The second kappa shape index (κ2) is 12.3. The van der Waals surface area contributed by atoms with Crippen molar-refractivity contribution in [3.05, 3.63) is 0 Å². The van der Waals surface area contributed by atoms with E-state index >= 15 is 0 Å². The van der Waals surface area contributed by atoms with Gasteiger partial charge >= 0.3 is 0 Å². The summed E-state index contributed by atoms with van der Waals surface area (Å²) in [5, 5.41) is 6.19. The Hall–Kier alpha value is -0.130. The minimum Gasteiger partial charge on any atom is -0.379 e. The second-order valence-electron chi connectivity index (χ2n) is 6.92. The molecule has 1 unspecified atom stereocenters. The highest BCUT2D eigenvalue weighted by atomic mass is 127. The first kappa shape index (κ1) is 24.9. The molecule has 0 amide bonds. The quantitative estimate of drug-likeness (QED) is 0.220. The van der Waals surface area contributed by atoms with Gasteiger partial charge in [0.15, 0.2) is 15.8 Å². The number of nitrogens with one attached hydrogen (secondary N) is 2. The monoisotopic (exact) mass is 491 g/mol. The fourth-order valence-electron chi connectivity index (χ4n) is 2.20. The van der Waals surface area contributed by atoms with Crippen molar-refractivity contribution in [1.82, 2.24) is 10.6 Å². The van der Waals surface area contributed by atoms with Crippen molar-refractivity contribution >= 4 is 39.8 Å². The average Bonchev–Trinajstić information content (AvgIpc) is 3.00. The van der Waals surface area contributed by atoms with E-state index < -0.39 is 14.6 Å². The SMILES string of the molecule is CN=C(NCCCOCC1CCCO1)NCCS(=O)(=O)C(C)(C)C.I. The Morgan fingerprint density at radius 2 is 1.96 bits per heavy atom. The summed E-state index contributed by atoms with van der Waals surface area (Å²) in [6.07, 6.45) is 3.33. The summed E-state index contributed by atoms with van der Waals surface area (Å²) < 4.78 is 34.4. The lowest BCUT2D eigenvalue weighted by atomic mass is 10.2. The van der Waals surface area contributed by atoms with Crippen LogP contribution in [0.25, 0.3) is 0 Å². The molecule has 1 heterocycles. The van der Waals surface area contributed by atoms with Gasteiger partial charge in [0.25, 0.3) is 0 Å². The van der Waals surface area contributed by atoms with Gasteiger partial charge in [-0.3, -0.25) is 4.99 Å². The Morgan fingerprint density at radius 1 is 1.28 bits per heavy atom. The normalized spacial score (nSPS) is 18.7. The number of halogens is 1. The van der Waals surface area contributed by atoms with Crippen molar-refractivity contribution < 1.29 is 17.9 Å². The van der Waals surface area contributed by atoms with Crippen LogP contribution in [0.15, 0.2) is 4.99 Å². The van der Waals surface area contributed by atoms with Crippen LogP contribution in [0.1, 0.15) is 40.0 Å². The number of hydrogen-bond donors (Lipinski definition) is 2. The lowest BCUT2D eigenvalue weighted by Crippen LogP contribution is -2.42. The van der Waals surface area contributed by atoms with Gasteiger partial charge in [0.2, 0.25) is 0 Å². The van der Waals surface area contributed by atoms with Crippen LogP contribution in [-0.4, -0.2) is 70.9 Å². The predicted molar refractivity (Wildman–Crippen MR) is 113 cm³/mol. The van der Waals surface area contributed by atoms with Crippen LogP contribution in [-0.2, 0) is 19.3 Å². The molecule has 150 valence electrons. The third kappa shape index (κ3) is 9.95. The molecule has 0 aromatic heterocycles. The summed E-state index contributed by atoms with van der Waals surface area (Å²) in [6, 6.07) is 0. The van der Waals surface area contributed by atoms with Crippen molar-refractivity contribution in [1.29, 1.82) is 0 Å². The summed E-state index contributed by atoms with van der Waals surface area (Å²) >= 11 is 0. The van der Waals surface area contributed by atoms with Crippen LogP contribution in [0.2, 0.25) is 0 Å². The molecule has 9 heteroatoms. The molecule has 0 bridgehead atoms. The van der Waals surface area contributed by atoms with Gasteiger partial charge in [-0.15, -0.1) is 24.0 Å². The zero-order valence-corrected chi connectivity index (χ0v) is 19.0. The van der Waals surface area contributed by atoms with E-state index in [-0.39, 0.29) is 35.8 Å². The molecule has 1 saturated heterocycles. The van der Waals surface area contributed by atoms with Crippen LogP contribution in [0, 0.1) is 0 Å². The molecule has 0 radical (unpaired) electrons. The number of guanidine groups is 1. The first-order chi connectivity index (χ1) is 11.3. The zero-order valence-electron chi connectivity index (χ0n) is 15.8. The number of hydrogen-bond acceptors (Lipinski definition) is 5. The Morgan fingerprint density at radius 3 is 2.52 bits per heavy atom. The molecule has 1 rings (SSSR count). The minimum absolute atomic E-state index is 0. The van der Waals surface area contributed by atoms with Gasteiger partial charge in [-0.25, -0.2) is 8.42 Å². The van der Waals surface area contributed by atoms with E-state index in [0.29, 0.717) is 25.7 Å². The third-order valence-electron chi connectivity index (χ3n) is 3.91. The Bertz CT molecular complexity index is 486. The Kier molecular flexibility index (Phi) is 12.2. The number of sulfone groups is 1. The van der Waals surface area contributed by atoms with Gasteiger partial charge in [-0.05, 0) is 40.0 Å². The maximum absolute atomic E-state index is 12.0. The largest absolute Gasteiger partial charge is 0.379 e. The van der Waals surface area contributed by atoms with Crippen molar-refractivity contribution in [2.24, 2.45) is 4.99 Å². The van der Waals surface area contributed by atoms with Gasteiger partial charge in [-0.2, -0.15) is 0 Å². The molecule has 0 aliphatic carbocycles. The van der Waals surface area contributed by atoms with Gasteiger partial charge in [0, 0.05) is 33.4 Å². The highest BCUT2D eigenvalue weighted by Crippen LogP contribution is 2.15. The fourth-order valence-corrected chi connectivity index (χ4v) is 3.19. The van der Waals surface area contributed by atoms with Crippen LogP contribution in [0.5, 0.6) is 0 Å². The van der Waals surface area contributed by atoms with E-state index in [0.717, 1.165) is 32.4 Å². The lowest BCUT2D eigenvalue weighted by molar-refractivity contribution is 0.0168. The smallest absolute Gasteiger partial charge is 0.191 e. The van der Waals surface area contributed by atoms with Crippen molar-refractivity contribution in [3.63, 3.8) is 0 Å². The van der Waals surface area contributed by atoms with Gasteiger partial charge in [0.1, 0.15) is 0 Å². The first-order valence-electron chi connectivity index (χ1n) is 8.62. The lowest BCUT2D eigenvalue weighted by Gasteiger charge is -2.19. The molecule has 0 spiro atoms. The van der Waals surface area contributed by atoms with Crippen LogP contribution in [0.4, 0.5) is 0 Å². The van der Waals surface area contributed by atoms with Crippen molar-refractivity contribution in [3.8, 4) is 0 Å². The molecule has 0 saturated carbocycles. The molecule has 0 aromatic carbocycles. The van der Waals surface area contributed by atoms with E-state index in [2.05, 4.69) is 15.6 Å². The highest BCUT2D eigenvalue weighted by molar-refractivity contribution is 14.0. The molecule has 1 aliphatic heterocycles. The molecule has 1 atom stereocenters. The van der Waals surface area contributed by atoms with E-state index in [9.17, 15) is 8.42 Å². The first-order valence-corrected chi connectivity index (χ1v) is 10.3. The molecular formula is C16H34IN3O4S. The summed E-state index contributed by atoms with van der Waals surface area (Å²) in [4.78, 5) is 4.09. The second-order valence-corrected chi connectivity index (χ2v) is 9.78. The number of rotatable bonds is 9. The van der Waals surface area contributed by atoms with E-state index in [1.54, 1.807) is 27.8 Å². The maximum Gasteiger partial charge on any atom is 0.191 e. The molecule has 1 aliphatic rings. The van der Waals surface area contributed by atoms with Crippen LogP contribution in [0.3, 0.4) is 0 Å². The molecule has 1 fully saturated rings. The summed E-state index contributed by atoms with van der Waals surface area (Å²) in [7, 11) is -1.45. The van der Waals surface area contributed by atoms with E-state index in [1.165, 1.54) is 0 Å². The predicted octanol–water partition coefficient (Wildman–Crippen LogP) is 1.57. The van der Waals surface area contributed by atoms with Gasteiger partial charge in [-0.1, -0.05) is 0 Å². The molecule has 25 heavy (non-hydrogen) atoms. The van der Waals surface area contributed by atoms with E-state index in [1.807, 2.05) is 0 Å². The molecule has 0 aromatic rings. The van der Waals surface area contributed by atoms with Crippen molar-refractivity contribution in [2.45, 2.75) is 50.9 Å². The number of aliphatic imine (C=N–C) groups is 1. The Balaban J connectivity index is 0.00000576. The summed E-state index contributed by atoms with van der Waals surface area (Å²) in [5.74, 6) is 0.694. The average molecular weight is 491 g/mol. The van der Waals surface area contributed by atoms with E-state index in [4.69, 9.17) is 9.47 Å². The van der Waals surface area contributed by atoms with Crippen molar-refractivity contribution in [2.75, 3.05) is 45.7 Å². The standard InChI is InChI=1S/C16H33N3O4S.HI/c1-16(2,3)24(20,21)12-9-19-15(17-4)18-8-6-10-22-13-14-7-5-11-23-14;/h14H,5-13H2,1-4H3,(H2,17,18,19);1H. The summed E-state index contributed by atoms with van der Waals surface area (Å²) in [5.41, 5.74) is 0. The summed E-state index contributed by atoms with van der Waals surface area (Å²) in [6.45, 7) is 8.39. The molecule has 2 N–H and O–H groups in total. The highest BCUT2D eigenvalue weighted by Gasteiger charge is 2.28. The topological polar surface area (TPSA) is 89.0 Å². The zero-order chi connectivity index (χ0) is 18.1. The minimum atomic E-state index is -3.12. The molecule has 7 nitrogen and oxygen atoms in total. The van der Waals surface area contributed by atoms with Gasteiger partial charge < -0.3 is 20.1 Å². The number of ether oxygens (including phenoxy) is 2.